The minimum Gasteiger partial charge on any atom is -0.363 e. The number of carbonyl (C=O) groups excluding carboxylic acids is 1. The number of amides is 1. The van der Waals surface area contributed by atoms with Crippen molar-refractivity contribution in [2.75, 3.05) is 31.5 Å². The standard InChI is InChI=1S/C25H25ClF3N5O/c26-19-8-6-18(7-9-19)20-14-22(25(27,28)29)34-23(30-20)15-21(31-34)24(35)33-12-10-32(11-13-33)16-17-4-2-1-3-5-17/h1-9,15,20,22,30H,10-14,16H2. The fourth-order valence-corrected chi connectivity index (χ4v) is 4.83. The summed E-state index contributed by atoms with van der Waals surface area (Å²) in [4.78, 5) is 17.1. The van der Waals surface area contributed by atoms with Crippen molar-refractivity contribution in [3.8, 4) is 0 Å². The van der Waals surface area contributed by atoms with Crippen molar-refractivity contribution in [3.05, 3.63) is 82.5 Å². The van der Waals surface area contributed by atoms with E-state index in [1.54, 1.807) is 29.2 Å². The summed E-state index contributed by atoms with van der Waals surface area (Å²) >= 11 is 5.93. The number of rotatable bonds is 4. The van der Waals surface area contributed by atoms with E-state index in [0.717, 1.165) is 11.2 Å². The fourth-order valence-electron chi connectivity index (χ4n) is 4.70. The number of benzene rings is 2. The predicted octanol–water partition coefficient (Wildman–Crippen LogP) is 5.15. The summed E-state index contributed by atoms with van der Waals surface area (Å²) in [6, 6.07) is 15.8. The lowest BCUT2D eigenvalue weighted by molar-refractivity contribution is -0.173. The van der Waals surface area contributed by atoms with E-state index in [1.807, 2.05) is 18.2 Å². The van der Waals surface area contributed by atoms with Gasteiger partial charge in [-0.05, 0) is 23.3 Å². The van der Waals surface area contributed by atoms with Crippen LogP contribution in [0.3, 0.4) is 0 Å². The average molecular weight is 504 g/mol. The van der Waals surface area contributed by atoms with E-state index in [-0.39, 0.29) is 23.8 Å². The van der Waals surface area contributed by atoms with Gasteiger partial charge in [-0.15, -0.1) is 0 Å². The number of alkyl halides is 3. The van der Waals surface area contributed by atoms with Gasteiger partial charge in [0, 0.05) is 50.2 Å². The molecule has 3 aromatic rings. The number of nitrogens with zero attached hydrogens (tertiary/aromatic N) is 4. The Morgan fingerprint density at radius 3 is 2.37 bits per heavy atom. The maximum absolute atomic E-state index is 13.9. The lowest BCUT2D eigenvalue weighted by Gasteiger charge is -2.34. The molecule has 0 bridgehead atoms. The van der Waals surface area contributed by atoms with Crippen molar-refractivity contribution < 1.29 is 18.0 Å². The molecule has 2 atom stereocenters. The summed E-state index contributed by atoms with van der Waals surface area (Å²) in [5, 5.41) is 7.75. The zero-order valence-electron chi connectivity index (χ0n) is 18.9. The van der Waals surface area contributed by atoms with Crippen LogP contribution >= 0.6 is 11.6 Å². The molecule has 1 N–H and O–H groups in total. The average Bonchev–Trinajstić information content (AvgIpc) is 3.28. The molecule has 184 valence electrons. The van der Waals surface area contributed by atoms with Crippen LogP contribution in [0.4, 0.5) is 19.0 Å². The van der Waals surface area contributed by atoms with Crippen LogP contribution in [0, 0.1) is 0 Å². The predicted molar refractivity (Wildman–Crippen MR) is 127 cm³/mol. The minimum absolute atomic E-state index is 0.0232. The van der Waals surface area contributed by atoms with Gasteiger partial charge in [-0.2, -0.15) is 18.3 Å². The smallest absolute Gasteiger partial charge is 0.363 e. The van der Waals surface area contributed by atoms with E-state index < -0.39 is 18.3 Å². The normalized spacial score (nSPS) is 20.9. The number of carbonyl (C=O) groups is 1. The van der Waals surface area contributed by atoms with Gasteiger partial charge in [0.2, 0.25) is 0 Å². The van der Waals surface area contributed by atoms with Crippen molar-refractivity contribution in [2.45, 2.75) is 31.2 Å². The van der Waals surface area contributed by atoms with Crippen LogP contribution in [0.2, 0.25) is 5.02 Å². The Balaban J connectivity index is 1.30. The van der Waals surface area contributed by atoms with Crippen LogP contribution in [0.5, 0.6) is 0 Å². The number of anilines is 1. The van der Waals surface area contributed by atoms with E-state index in [1.165, 1.54) is 11.6 Å². The Hall–Kier alpha value is -3.04. The van der Waals surface area contributed by atoms with Crippen molar-refractivity contribution in [3.63, 3.8) is 0 Å². The first-order valence-electron chi connectivity index (χ1n) is 11.5. The Morgan fingerprint density at radius 2 is 1.71 bits per heavy atom. The summed E-state index contributed by atoms with van der Waals surface area (Å²) < 4.78 is 42.8. The Morgan fingerprint density at radius 1 is 1.03 bits per heavy atom. The van der Waals surface area contributed by atoms with Crippen molar-refractivity contribution in [2.24, 2.45) is 0 Å². The Kier molecular flexibility index (Phi) is 6.46. The highest BCUT2D eigenvalue weighted by atomic mass is 35.5. The largest absolute Gasteiger partial charge is 0.410 e. The van der Waals surface area contributed by atoms with Crippen LogP contribution in [-0.2, 0) is 6.54 Å². The number of hydrogen-bond donors (Lipinski definition) is 1. The number of hydrogen-bond acceptors (Lipinski definition) is 4. The van der Waals surface area contributed by atoms with E-state index >= 15 is 0 Å². The van der Waals surface area contributed by atoms with Crippen LogP contribution in [-0.4, -0.2) is 57.8 Å². The van der Waals surface area contributed by atoms with Crippen molar-refractivity contribution in [1.29, 1.82) is 0 Å². The third-order valence-electron chi connectivity index (χ3n) is 6.59. The topological polar surface area (TPSA) is 53.4 Å². The molecule has 1 aromatic heterocycles. The number of nitrogens with one attached hydrogen (secondary N) is 1. The molecule has 0 aliphatic carbocycles. The lowest BCUT2D eigenvalue weighted by atomic mass is 9.97. The van der Waals surface area contributed by atoms with Crippen LogP contribution in [0.15, 0.2) is 60.7 Å². The summed E-state index contributed by atoms with van der Waals surface area (Å²) in [5.74, 6) is -0.165. The Bertz CT molecular complexity index is 1170. The first-order valence-corrected chi connectivity index (χ1v) is 11.9. The van der Waals surface area contributed by atoms with Gasteiger partial charge in [0.25, 0.3) is 5.91 Å². The van der Waals surface area contributed by atoms with E-state index in [4.69, 9.17) is 11.6 Å². The van der Waals surface area contributed by atoms with Crippen molar-refractivity contribution >= 4 is 23.3 Å². The molecule has 35 heavy (non-hydrogen) atoms. The molecule has 3 heterocycles. The number of piperazine rings is 1. The summed E-state index contributed by atoms with van der Waals surface area (Å²) in [7, 11) is 0. The number of fused-ring (bicyclic) bond motifs is 1. The Labute approximate surface area is 206 Å². The van der Waals surface area contributed by atoms with E-state index in [0.29, 0.717) is 36.8 Å². The van der Waals surface area contributed by atoms with Gasteiger partial charge in [0.05, 0.1) is 6.04 Å². The molecule has 0 saturated carbocycles. The third kappa shape index (κ3) is 5.16. The van der Waals surface area contributed by atoms with E-state index in [2.05, 4.69) is 27.4 Å². The maximum atomic E-state index is 13.9. The quantitative estimate of drug-likeness (QED) is 0.534. The summed E-state index contributed by atoms with van der Waals surface area (Å²) in [6.45, 7) is 3.17. The molecule has 2 aliphatic heterocycles. The molecule has 2 aliphatic rings. The molecule has 0 radical (unpaired) electrons. The highest BCUT2D eigenvalue weighted by Gasteiger charge is 2.47. The minimum atomic E-state index is -4.50. The van der Waals surface area contributed by atoms with Crippen LogP contribution in [0.25, 0.3) is 0 Å². The molecule has 5 rings (SSSR count). The van der Waals surface area contributed by atoms with Gasteiger partial charge < -0.3 is 10.2 Å². The van der Waals surface area contributed by atoms with Crippen LogP contribution < -0.4 is 5.32 Å². The monoisotopic (exact) mass is 503 g/mol. The molecule has 1 saturated heterocycles. The third-order valence-corrected chi connectivity index (χ3v) is 6.84. The second kappa shape index (κ2) is 9.54. The molecule has 2 aromatic carbocycles. The zero-order chi connectivity index (χ0) is 24.6. The summed E-state index contributed by atoms with van der Waals surface area (Å²) in [5.41, 5.74) is 1.92. The van der Waals surface area contributed by atoms with Gasteiger partial charge in [-0.25, -0.2) is 4.68 Å². The SMILES string of the molecule is O=C(c1cc2n(n1)C(C(F)(F)F)CC(c1ccc(Cl)cc1)N2)N1CCN(Cc2ccccc2)CC1. The van der Waals surface area contributed by atoms with Gasteiger partial charge in [0.1, 0.15) is 5.82 Å². The molecule has 1 fully saturated rings. The first kappa shape index (κ1) is 23.7. The second-order valence-electron chi connectivity index (χ2n) is 8.95. The van der Waals surface area contributed by atoms with Gasteiger partial charge in [0.15, 0.2) is 11.7 Å². The van der Waals surface area contributed by atoms with Crippen LogP contribution in [0.1, 0.15) is 40.1 Å². The fraction of sp³-hybridized carbons (Fsp3) is 0.360. The lowest BCUT2D eigenvalue weighted by Crippen LogP contribution is -2.48. The number of aromatic nitrogens is 2. The van der Waals surface area contributed by atoms with Crippen molar-refractivity contribution in [1.82, 2.24) is 19.6 Å². The van der Waals surface area contributed by atoms with Gasteiger partial charge in [-0.1, -0.05) is 54.1 Å². The molecule has 10 heteroatoms. The van der Waals surface area contributed by atoms with Gasteiger partial charge in [-0.3, -0.25) is 9.69 Å². The molecule has 1 amide bonds. The van der Waals surface area contributed by atoms with Gasteiger partial charge >= 0.3 is 6.18 Å². The zero-order valence-corrected chi connectivity index (χ0v) is 19.6. The highest BCUT2D eigenvalue weighted by Crippen LogP contribution is 2.43. The molecule has 6 nitrogen and oxygen atoms in total. The number of halogens is 4. The highest BCUT2D eigenvalue weighted by molar-refractivity contribution is 6.30. The second-order valence-corrected chi connectivity index (χ2v) is 9.39. The molecule has 2 unspecified atom stereocenters. The maximum Gasteiger partial charge on any atom is 0.410 e. The first-order chi connectivity index (χ1) is 16.8. The molecular weight excluding hydrogens is 479 g/mol. The summed E-state index contributed by atoms with van der Waals surface area (Å²) in [6.07, 6.45) is -4.73. The van der Waals surface area contributed by atoms with E-state index in [9.17, 15) is 18.0 Å². The molecular formula is C25H25ClF3N5O. The molecule has 0 spiro atoms.